The minimum absolute atomic E-state index is 0.104. The number of nitrogens with zero attached hydrogens (tertiary/aromatic N) is 3. The lowest BCUT2D eigenvalue weighted by Crippen LogP contribution is -2.29. The normalized spacial score (nSPS) is 18.5. The summed E-state index contributed by atoms with van der Waals surface area (Å²) < 4.78 is 6.00. The number of nitrogens with one attached hydrogen (secondary N) is 3. The molecule has 7 nitrogen and oxygen atoms in total. The van der Waals surface area contributed by atoms with Crippen LogP contribution in [0.15, 0.2) is 62.9 Å². The topological polar surface area (TPSA) is 83.5 Å². The van der Waals surface area contributed by atoms with Crippen LogP contribution in [0.5, 0.6) is 5.75 Å². The number of anilines is 1. The highest BCUT2D eigenvalue weighted by Crippen LogP contribution is 2.33. The average Bonchev–Trinajstić information content (AvgIpc) is 2.82. The van der Waals surface area contributed by atoms with Crippen molar-refractivity contribution in [1.29, 1.82) is 0 Å². The molecule has 0 fully saturated rings. The highest BCUT2D eigenvalue weighted by atomic mass is 32.2. The minimum Gasteiger partial charge on any atom is -0.487 e. The number of benzene rings is 1. The molecule has 4 rings (SSSR count). The van der Waals surface area contributed by atoms with E-state index >= 15 is 0 Å². The van der Waals surface area contributed by atoms with Crippen LogP contribution in [0.4, 0.5) is 5.69 Å². The molecular weight excluding hydrogens is 420 g/mol. The number of aryl methyl sites for hydroxylation is 1. The van der Waals surface area contributed by atoms with Gasteiger partial charge in [0.1, 0.15) is 18.5 Å². The number of thioether (sulfide) groups is 1. The van der Waals surface area contributed by atoms with E-state index in [1.54, 1.807) is 24.9 Å². The van der Waals surface area contributed by atoms with Crippen LogP contribution in [-0.2, 0) is 13.0 Å². The highest BCUT2D eigenvalue weighted by Gasteiger charge is 2.20. The van der Waals surface area contributed by atoms with Crippen LogP contribution < -0.4 is 20.7 Å². The molecule has 2 aliphatic rings. The van der Waals surface area contributed by atoms with E-state index in [1.807, 2.05) is 23.9 Å². The van der Waals surface area contributed by atoms with E-state index in [-0.39, 0.29) is 6.17 Å². The Bertz CT molecular complexity index is 1030. The van der Waals surface area contributed by atoms with Crippen molar-refractivity contribution in [3.8, 4) is 5.75 Å². The Morgan fingerprint density at radius 3 is 2.94 bits per heavy atom. The molecule has 1 aromatic heterocycles. The fraction of sp³-hybridized carbons (Fsp3) is 0.375. The number of hydrogen-bond acceptors (Lipinski definition) is 8. The van der Waals surface area contributed by atoms with Crippen LogP contribution in [0, 0.1) is 0 Å². The summed E-state index contributed by atoms with van der Waals surface area (Å²) in [7, 11) is 0. The maximum Gasteiger partial charge on any atom is 0.144 e. The summed E-state index contributed by atoms with van der Waals surface area (Å²) in [4.78, 5) is 14.4. The van der Waals surface area contributed by atoms with Gasteiger partial charge in [0, 0.05) is 35.1 Å². The molecule has 0 spiro atoms. The standard InChI is InChI=1S/C24H30N6OS/c1-4-18-11-19(5-6-21(18)31-14-20-12-26-9-10-27-20)30-23-17(3)24(29-15-28-23)32-22-13-25-8-7-16(22)2/h5-6,9-12,15,23,25,30H,4,7-8,13-14H2,1-3H3,(H,28,29). The molecule has 2 aromatic rings. The molecule has 8 heteroatoms. The Morgan fingerprint density at radius 1 is 1.25 bits per heavy atom. The molecule has 168 valence electrons. The van der Waals surface area contributed by atoms with Gasteiger partial charge < -0.3 is 20.7 Å². The molecule has 3 heterocycles. The first-order valence-electron chi connectivity index (χ1n) is 11.0. The average molecular weight is 451 g/mol. The monoisotopic (exact) mass is 450 g/mol. The van der Waals surface area contributed by atoms with E-state index in [0.29, 0.717) is 6.61 Å². The molecule has 2 aliphatic heterocycles. The summed E-state index contributed by atoms with van der Waals surface area (Å²) in [6.07, 6.45) is 8.73. The molecule has 1 aromatic carbocycles. The molecule has 0 saturated carbocycles. The summed E-state index contributed by atoms with van der Waals surface area (Å²) in [6, 6.07) is 6.20. The van der Waals surface area contributed by atoms with Gasteiger partial charge in [-0.2, -0.15) is 0 Å². The Morgan fingerprint density at radius 2 is 2.16 bits per heavy atom. The van der Waals surface area contributed by atoms with Crippen LogP contribution in [-0.4, -0.2) is 35.6 Å². The molecular formula is C24H30N6OS. The zero-order valence-corrected chi connectivity index (χ0v) is 19.6. The van der Waals surface area contributed by atoms with E-state index in [0.717, 1.165) is 53.7 Å². The van der Waals surface area contributed by atoms with Gasteiger partial charge in [-0.3, -0.25) is 9.97 Å². The summed E-state index contributed by atoms with van der Waals surface area (Å²) >= 11 is 1.81. The van der Waals surface area contributed by atoms with Gasteiger partial charge in [0.05, 0.1) is 23.3 Å². The Kier molecular flexibility index (Phi) is 7.44. The largest absolute Gasteiger partial charge is 0.487 e. The lowest BCUT2D eigenvalue weighted by molar-refractivity contribution is 0.298. The molecule has 32 heavy (non-hydrogen) atoms. The SMILES string of the molecule is CCc1cc(NC2N=CNC(SC3=C(C)CCNC3)=C2C)ccc1OCc1cnccn1. The number of hydrogen-bond donors (Lipinski definition) is 3. The Labute approximate surface area is 193 Å². The third-order valence-electron chi connectivity index (χ3n) is 5.59. The van der Waals surface area contributed by atoms with Crippen molar-refractivity contribution >= 4 is 23.8 Å². The van der Waals surface area contributed by atoms with Crippen LogP contribution in [0.2, 0.25) is 0 Å². The summed E-state index contributed by atoms with van der Waals surface area (Å²) in [5, 5.41) is 11.5. The van der Waals surface area contributed by atoms with Crippen molar-refractivity contribution < 1.29 is 4.74 Å². The first kappa shape index (κ1) is 22.4. The zero-order chi connectivity index (χ0) is 22.3. The second kappa shape index (κ2) is 10.7. The van der Waals surface area contributed by atoms with Crippen molar-refractivity contribution in [3.05, 3.63) is 69.1 Å². The van der Waals surface area contributed by atoms with E-state index in [1.165, 1.54) is 16.1 Å². The second-order valence-electron chi connectivity index (χ2n) is 7.88. The van der Waals surface area contributed by atoms with Crippen LogP contribution in [0.25, 0.3) is 0 Å². The Hall–Kier alpha value is -2.84. The predicted octanol–water partition coefficient (Wildman–Crippen LogP) is 4.22. The maximum absolute atomic E-state index is 6.00. The minimum atomic E-state index is -0.104. The van der Waals surface area contributed by atoms with Crippen molar-refractivity contribution in [1.82, 2.24) is 20.6 Å². The lowest BCUT2D eigenvalue weighted by atomic mass is 10.1. The van der Waals surface area contributed by atoms with E-state index in [2.05, 4.69) is 57.7 Å². The number of aliphatic imine (C=N–C) groups is 1. The van der Waals surface area contributed by atoms with Crippen molar-refractivity contribution in [2.24, 2.45) is 4.99 Å². The molecule has 3 N–H and O–H groups in total. The molecule has 0 saturated heterocycles. The van der Waals surface area contributed by atoms with Gasteiger partial charge in [0.25, 0.3) is 0 Å². The third-order valence-corrected chi connectivity index (χ3v) is 6.97. The fourth-order valence-corrected chi connectivity index (χ4v) is 4.67. The van der Waals surface area contributed by atoms with Gasteiger partial charge in [-0.25, -0.2) is 4.99 Å². The van der Waals surface area contributed by atoms with Crippen molar-refractivity contribution in [2.45, 2.75) is 46.4 Å². The van der Waals surface area contributed by atoms with E-state index in [4.69, 9.17) is 4.74 Å². The van der Waals surface area contributed by atoms with Gasteiger partial charge in [0.2, 0.25) is 0 Å². The molecule has 0 aliphatic carbocycles. The first-order chi connectivity index (χ1) is 15.6. The number of aromatic nitrogens is 2. The van der Waals surface area contributed by atoms with Gasteiger partial charge in [0.15, 0.2) is 0 Å². The molecule has 0 bridgehead atoms. The van der Waals surface area contributed by atoms with E-state index in [9.17, 15) is 0 Å². The van der Waals surface area contributed by atoms with Crippen LogP contribution in [0.1, 0.15) is 38.4 Å². The fourth-order valence-electron chi connectivity index (χ4n) is 3.59. The quantitative estimate of drug-likeness (QED) is 0.555. The predicted molar refractivity (Wildman–Crippen MR) is 132 cm³/mol. The lowest BCUT2D eigenvalue weighted by Gasteiger charge is -2.26. The summed E-state index contributed by atoms with van der Waals surface area (Å²) in [5.41, 5.74) is 5.63. The summed E-state index contributed by atoms with van der Waals surface area (Å²) in [6.45, 7) is 8.88. The van der Waals surface area contributed by atoms with Crippen molar-refractivity contribution in [3.63, 3.8) is 0 Å². The van der Waals surface area contributed by atoms with Gasteiger partial charge in [-0.1, -0.05) is 24.3 Å². The second-order valence-corrected chi connectivity index (χ2v) is 8.98. The van der Waals surface area contributed by atoms with Crippen LogP contribution in [0.3, 0.4) is 0 Å². The molecule has 0 amide bonds. The molecule has 1 atom stereocenters. The molecule has 0 radical (unpaired) electrons. The smallest absolute Gasteiger partial charge is 0.144 e. The van der Waals surface area contributed by atoms with Crippen LogP contribution >= 0.6 is 11.8 Å². The molecule has 1 unspecified atom stereocenters. The van der Waals surface area contributed by atoms with Gasteiger partial charge in [-0.15, -0.1) is 0 Å². The highest BCUT2D eigenvalue weighted by molar-refractivity contribution is 8.06. The maximum atomic E-state index is 6.00. The summed E-state index contributed by atoms with van der Waals surface area (Å²) in [5.74, 6) is 0.869. The Balaban J connectivity index is 1.45. The number of rotatable bonds is 8. The zero-order valence-electron chi connectivity index (χ0n) is 18.8. The third kappa shape index (κ3) is 5.49. The van der Waals surface area contributed by atoms with Gasteiger partial charge in [-0.05, 0) is 57.0 Å². The van der Waals surface area contributed by atoms with Crippen molar-refractivity contribution in [2.75, 3.05) is 18.4 Å². The number of ether oxygens (including phenoxy) is 1. The van der Waals surface area contributed by atoms with Gasteiger partial charge >= 0.3 is 0 Å². The first-order valence-corrected chi connectivity index (χ1v) is 11.8. The van der Waals surface area contributed by atoms with E-state index < -0.39 is 0 Å².